The van der Waals surface area contributed by atoms with E-state index in [9.17, 15) is 14.9 Å². The molecule has 1 aliphatic rings. The second-order valence-electron chi connectivity index (χ2n) is 6.73. The third-order valence-corrected chi connectivity index (χ3v) is 4.96. The first-order chi connectivity index (χ1) is 13.5. The summed E-state index contributed by atoms with van der Waals surface area (Å²) in [6.45, 7) is 4.30. The summed E-state index contributed by atoms with van der Waals surface area (Å²) in [6, 6.07) is 10.4. The maximum absolute atomic E-state index is 12.6. The van der Waals surface area contributed by atoms with Crippen molar-refractivity contribution >= 4 is 28.2 Å². The number of fused-ring (bicyclic) bond motifs is 1. The first-order valence-corrected chi connectivity index (χ1v) is 9.03. The number of hydrogen-bond acceptors (Lipinski definition) is 6. The number of anilines is 1. The number of nitro groups is 1. The van der Waals surface area contributed by atoms with Crippen molar-refractivity contribution in [3.05, 3.63) is 70.2 Å². The van der Waals surface area contributed by atoms with E-state index in [-0.39, 0.29) is 11.6 Å². The third-order valence-electron chi connectivity index (χ3n) is 4.96. The highest BCUT2D eigenvalue weighted by atomic mass is 16.6. The van der Waals surface area contributed by atoms with E-state index in [2.05, 4.69) is 14.9 Å². The van der Waals surface area contributed by atoms with Crippen molar-refractivity contribution in [2.24, 2.45) is 0 Å². The van der Waals surface area contributed by atoms with Crippen molar-refractivity contribution < 1.29 is 9.72 Å². The molecule has 0 spiro atoms. The van der Waals surface area contributed by atoms with E-state index >= 15 is 0 Å². The Hall–Kier alpha value is -3.55. The number of rotatable bonds is 3. The van der Waals surface area contributed by atoms with E-state index in [0.717, 1.165) is 16.8 Å². The highest BCUT2D eigenvalue weighted by Gasteiger charge is 2.25. The fourth-order valence-corrected chi connectivity index (χ4v) is 3.58. The van der Waals surface area contributed by atoms with E-state index in [0.29, 0.717) is 37.3 Å². The Balaban J connectivity index is 1.60. The second kappa shape index (κ2) is 7.22. The quantitative estimate of drug-likeness (QED) is 0.515. The van der Waals surface area contributed by atoms with Crippen molar-refractivity contribution in [3.63, 3.8) is 0 Å². The normalized spacial score (nSPS) is 14.3. The zero-order valence-electron chi connectivity index (χ0n) is 15.4. The second-order valence-corrected chi connectivity index (χ2v) is 6.73. The molecule has 3 heterocycles. The molecule has 0 radical (unpaired) electrons. The molecule has 142 valence electrons. The topological polar surface area (TPSA) is 92.5 Å². The highest BCUT2D eigenvalue weighted by molar-refractivity contribution is 5.97. The van der Waals surface area contributed by atoms with Gasteiger partial charge in [0.25, 0.3) is 11.6 Å². The molecule has 0 atom stereocenters. The Morgan fingerprint density at radius 3 is 2.50 bits per heavy atom. The van der Waals surface area contributed by atoms with Gasteiger partial charge in [-0.1, -0.05) is 12.1 Å². The fourth-order valence-electron chi connectivity index (χ4n) is 3.58. The van der Waals surface area contributed by atoms with Crippen molar-refractivity contribution in [1.29, 1.82) is 0 Å². The van der Waals surface area contributed by atoms with Gasteiger partial charge in [0.1, 0.15) is 0 Å². The van der Waals surface area contributed by atoms with Crippen molar-refractivity contribution in [2.45, 2.75) is 6.92 Å². The number of pyridine rings is 2. The minimum atomic E-state index is -0.399. The van der Waals surface area contributed by atoms with Crippen LogP contribution in [0, 0.1) is 17.0 Å². The van der Waals surface area contributed by atoms with Crippen LogP contribution < -0.4 is 4.90 Å². The van der Waals surface area contributed by atoms with Crippen LogP contribution in [0.2, 0.25) is 0 Å². The van der Waals surface area contributed by atoms with E-state index in [1.165, 1.54) is 6.07 Å². The number of amides is 1. The maximum atomic E-state index is 12.6. The molecule has 0 aliphatic carbocycles. The first-order valence-electron chi connectivity index (χ1n) is 9.03. The molecule has 0 N–H and O–H groups in total. The van der Waals surface area contributed by atoms with Gasteiger partial charge in [-0.2, -0.15) is 0 Å². The lowest BCUT2D eigenvalue weighted by Crippen LogP contribution is -2.48. The molecule has 2 aromatic heterocycles. The summed E-state index contributed by atoms with van der Waals surface area (Å²) in [4.78, 5) is 35.9. The summed E-state index contributed by atoms with van der Waals surface area (Å²) in [7, 11) is 0. The summed E-state index contributed by atoms with van der Waals surface area (Å²) >= 11 is 0. The van der Waals surface area contributed by atoms with Gasteiger partial charge in [0.05, 0.1) is 4.92 Å². The zero-order valence-corrected chi connectivity index (χ0v) is 15.4. The molecular weight excluding hydrogens is 358 g/mol. The van der Waals surface area contributed by atoms with Crippen LogP contribution >= 0.6 is 0 Å². The first kappa shape index (κ1) is 17.8. The number of nitro benzene ring substituents is 1. The van der Waals surface area contributed by atoms with Gasteiger partial charge in [0.2, 0.25) is 0 Å². The van der Waals surface area contributed by atoms with E-state index in [1.54, 1.807) is 30.6 Å². The molecule has 0 unspecified atom stereocenters. The lowest BCUT2D eigenvalue weighted by Gasteiger charge is -2.36. The molecule has 1 fully saturated rings. The number of aromatic nitrogens is 2. The summed E-state index contributed by atoms with van der Waals surface area (Å²) in [5.41, 5.74) is 2.69. The number of hydrogen-bond donors (Lipinski definition) is 0. The Morgan fingerprint density at radius 1 is 1.11 bits per heavy atom. The van der Waals surface area contributed by atoms with Crippen molar-refractivity contribution in [3.8, 4) is 0 Å². The van der Waals surface area contributed by atoms with Gasteiger partial charge in [0, 0.05) is 67.0 Å². The Morgan fingerprint density at radius 2 is 1.82 bits per heavy atom. The monoisotopic (exact) mass is 377 g/mol. The molecule has 0 bridgehead atoms. The van der Waals surface area contributed by atoms with Crippen LogP contribution in [0.5, 0.6) is 0 Å². The fraction of sp³-hybridized carbons (Fsp3) is 0.250. The van der Waals surface area contributed by atoms with E-state index in [1.807, 2.05) is 24.0 Å². The number of nitrogens with zero attached hydrogens (tertiary/aromatic N) is 5. The van der Waals surface area contributed by atoms with Gasteiger partial charge >= 0.3 is 0 Å². The number of carbonyl (C=O) groups excluding carboxylic acids is 1. The summed E-state index contributed by atoms with van der Waals surface area (Å²) in [5.74, 6) is -0.00606. The molecule has 8 nitrogen and oxygen atoms in total. The Bertz CT molecular complexity index is 1050. The molecule has 8 heteroatoms. The largest absolute Gasteiger partial charge is 0.367 e. The van der Waals surface area contributed by atoms with Gasteiger partial charge in [-0.05, 0) is 25.1 Å². The predicted molar refractivity (Wildman–Crippen MR) is 105 cm³/mol. The van der Waals surface area contributed by atoms with Gasteiger partial charge in [-0.15, -0.1) is 0 Å². The smallest absolute Gasteiger partial charge is 0.295 e. The van der Waals surface area contributed by atoms with Crippen LogP contribution in [0.15, 0.2) is 48.8 Å². The predicted octanol–water partition coefficient (Wildman–Crippen LogP) is 2.81. The van der Waals surface area contributed by atoms with E-state index in [4.69, 9.17) is 0 Å². The lowest BCUT2D eigenvalue weighted by molar-refractivity contribution is -0.383. The molecule has 1 aliphatic heterocycles. The zero-order chi connectivity index (χ0) is 19.7. The summed E-state index contributed by atoms with van der Waals surface area (Å²) in [5, 5.41) is 12.1. The van der Waals surface area contributed by atoms with Gasteiger partial charge in [0.15, 0.2) is 5.52 Å². The Labute approximate surface area is 161 Å². The van der Waals surface area contributed by atoms with Crippen LogP contribution in [0.4, 0.5) is 11.4 Å². The lowest BCUT2D eigenvalue weighted by atomic mass is 10.1. The highest BCUT2D eigenvalue weighted by Crippen LogP contribution is 2.32. The Kier molecular flexibility index (Phi) is 4.60. The minimum Gasteiger partial charge on any atom is -0.367 e. The molecular formula is C20H19N5O3. The molecule has 28 heavy (non-hydrogen) atoms. The number of non-ortho nitro benzene ring substituents is 1. The van der Waals surface area contributed by atoms with Crippen LogP contribution in [0.1, 0.15) is 16.1 Å². The maximum Gasteiger partial charge on any atom is 0.295 e. The number of aryl methyl sites for hydroxylation is 1. The molecule has 0 saturated carbocycles. The summed E-state index contributed by atoms with van der Waals surface area (Å²) < 4.78 is 0. The average Bonchev–Trinajstić information content (AvgIpc) is 2.73. The minimum absolute atomic E-state index is 0.00606. The van der Waals surface area contributed by atoms with Crippen LogP contribution in [-0.4, -0.2) is 51.9 Å². The standard InChI is InChI=1S/C20H19N5O3/c1-14-13-18(16-3-2-4-17(25(27)28)19(16)22-14)23-9-11-24(12-10-23)20(26)15-5-7-21-8-6-15/h2-8,13H,9-12H2,1H3. The van der Waals surface area contributed by atoms with Crippen LogP contribution in [-0.2, 0) is 0 Å². The number of para-hydroxylation sites is 1. The SMILES string of the molecule is Cc1cc(N2CCN(C(=O)c3ccncc3)CC2)c2cccc([N+](=O)[O-])c2n1. The van der Waals surface area contributed by atoms with Crippen LogP contribution in [0.25, 0.3) is 10.9 Å². The average molecular weight is 377 g/mol. The third kappa shape index (κ3) is 3.24. The van der Waals surface area contributed by atoms with Gasteiger partial charge in [-0.3, -0.25) is 19.9 Å². The van der Waals surface area contributed by atoms with Crippen LogP contribution in [0.3, 0.4) is 0 Å². The number of piperazine rings is 1. The van der Waals surface area contributed by atoms with Crippen molar-refractivity contribution in [1.82, 2.24) is 14.9 Å². The molecule has 1 saturated heterocycles. The van der Waals surface area contributed by atoms with Gasteiger partial charge in [-0.25, -0.2) is 4.98 Å². The number of carbonyl (C=O) groups is 1. The van der Waals surface area contributed by atoms with Gasteiger partial charge < -0.3 is 9.80 Å². The molecule has 4 rings (SSSR count). The molecule has 1 aromatic carbocycles. The summed E-state index contributed by atoms with van der Waals surface area (Å²) in [6.07, 6.45) is 3.23. The van der Waals surface area contributed by atoms with E-state index < -0.39 is 4.92 Å². The number of benzene rings is 1. The molecule has 3 aromatic rings. The van der Waals surface area contributed by atoms with Crippen molar-refractivity contribution in [2.75, 3.05) is 31.1 Å². The molecule has 1 amide bonds.